The molecule has 0 spiro atoms. The summed E-state index contributed by atoms with van der Waals surface area (Å²) in [5.41, 5.74) is 2.79. The number of hydrogen-bond donors (Lipinski definition) is 1. The predicted octanol–water partition coefficient (Wildman–Crippen LogP) is 3.86. The first kappa shape index (κ1) is 21.8. The number of nitrogens with zero attached hydrogens (tertiary/aromatic N) is 2. The van der Waals surface area contributed by atoms with Gasteiger partial charge >= 0.3 is 0 Å². The van der Waals surface area contributed by atoms with E-state index in [-0.39, 0.29) is 17.6 Å². The molecule has 0 bridgehead atoms. The van der Waals surface area contributed by atoms with Crippen LogP contribution in [0.25, 0.3) is 0 Å². The van der Waals surface area contributed by atoms with Crippen LogP contribution < -0.4 is 10.2 Å². The second-order valence-corrected chi connectivity index (χ2v) is 10.5. The maximum atomic E-state index is 12.7. The zero-order chi connectivity index (χ0) is 21.7. The highest BCUT2D eigenvalue weighted by Crippen LogP contribution is 2.25. The largest absolute Gasteiger partial charge is 0.372 e. The molecule has 2 aromatic rings. The Hall–Kier alpha value is -2.38. The molecule has 166 valence electrons. The van der Waals surface area contributed by atoms with E-state index in [0.29, 0.717) is 25.9 Å². The van der Waals surface area contributed by atoms with Crippen LogP contribution in [0.15, 0.2) is 54.6 Å². The van der Waals surface area contributed by atoms with Crippen LogP contribution in [0.3, 0.4) is 0 Å². The smallest absolute Gasteiger partial charge is 0.227 e. The Bertz CT molecular complexity index is 963. The second kappa shape index (κ2) is 9.83. The number of carbonyl (C=O) groups is 1. The summed E-state index contributed by atoms with van der Waals surface area (Å²) >= 11 is 0. The fourth-order valence-corrected chi connectivity index (χ4v) is 5.99. The molecule has 2 heterocycles. The van der Waals surface area contributed by atoms with E-state index in [1.54, 1.807) is 0 Å². The molecule has 7 heteroatoms. The van der Waals surface area contributed by atoms with E-state index in [9.17, 15) is 13.2 Å². The summed E-state index contributed by atoms with van der Waals surface area (Å²) in [6.07, 6.45) is 4.87. The molecule has 0 unspecified atom stereocenters. The van der Waals surface area contributed by atoms with Gasteiger partial charge in [-0.05, 0) is 61.9 Å². The van der Waals surface area contributed by atoms with E-state index < -0.39 is 10.0 Å². The molecule has 2 fully saturated rings. The van der Waals surface area contributed by atoms with Gasteiger partial charge in [0.2, 0.25) is 15.9 Å². The van der Waals surface area contributed by atoms with E-state index in [4.69, 9.17) is 0 Å². The fourth-order valence-electron chi connectivity index (χ4n) is 4.42. The molecule has 0 aliphatic carbocycles. The molecule has 2 aliphatic heterocycles. The minimum absolute atomic E-state index is 0.00801. The first-order valence-electron chi connectivity index (χ1n) is 11.2. The van der Waals surface area contributed by atoms with Crippen LogP contribution >= 0.6 is 0 Å². The van der Waals surface area contributed by atoms with E-state index in [1.807, 2.05) is 42.5 Å². The topological polar surface area (TPSA) is 69.7 Å². The number of amides is 1. The van der Waals surface area contributed by atoms with Gasteiger partial charge in [-0.2, -0.15) is 0 Å². The van der Waals surface area contributed by atoms with Gasteiger partial charge in [0.25, 0.3) is 0 Å². The van der Waals surface area contributed by atoms with Crippen molar-refractivity contribution in [3.63, 3.8) is 0 Å². The molecule has 2 saturated heterocycles. The molecule has 31 heavy (non-hydrogen) atoms. The normalized spacial score (nSPS) is 18.6. The molecule has 0 saturated carbocycles. The maximum Gasteiger partial charge on any atom is 0.227 e. The summed E-state index contributed by atoms with van der Waals surface area (Å²) in [7, 11) is -3.36. The van der Waals surface area contributed by atoms with E-state index in [2.05, 4.69) is 22.3 Å². The minimum atomic E-state index is -3.36. The van der Waals surface area contributed by atoms with Crippen molar-refractivity contribution in [1.82, 2.24) is 4.31 Å². The van der Waals surface area contributed by atoms with Gasteiger partial charge in [-0.1, -0.05) is 30.3 Å². The number of nitrogens with one attached hydrogen (secondary N) is 1. The molecule has 6 nitrogen and oxygen atoms in total. The van der Waals surface area contributed by atoms with Crippen LogP contribution in [0.4, 0.5) is 11.4 Å². The second-order valence-electron chi connectivity index (χ2n) is 8.50. The van der Waals surface area contributed by atoms with Crippen molar-refractivity contribution in [2.24, 2.45) is 5.92 Å². The number of rotatable bonds is 6. The highest BCUT2D eigenvalue weighted by atomic mass is 32.2. The summed E-state index contributed by atoms with van der Waals surface area (Å²) in [4.78, 5) is 15.1. The highest BCUT2D eigenvalue weighted by molar-refractivity contribution is 7.88. The van der Waals surface area contributed by atoms with Crippen LogP contribution in [-0.2, 0) is 20.6 Å². The summed E-state index contributed by atoms with van der Waals surface area (Å²) in [6.45, 7) is 2.97. The monoisotopic (exact) mass is 441 g/mol. The van der Waals surface area contributed by atoms with Gasteiger partial charge in [0.05, 0.1) is 5.75 Å². The Balaban J connectivity index is 1.28. The van der Waals surface area contributed by atoms with Crippen LogP contribution in [0.2, 0.25) is 0 Å². The fraction of sp³-hybridized carbons (Fsp3) is 0.458. The SMILES string of the molecule is O=C(Nc1ccc(N2CCCCC2)cc1)C1CCN(S(=O)(=O)Cc2ccccc2)CC1. The van der Waals surface area contributed by atoms with Gasteiger partial charge in [-0.15, -0.1) is 0 Å². The summed E-state index contributed by atoms with van der Waals surface area (Å²) in [5.74, 6) is -0.176. The van der Waals surface area contributed by atoms with Gasteiger partial charge < -0.3 is 10.2 Å². The number of sulfonamides is 1. The first-order valence-corrected chi connectivity index (χ1v) is 12.8. The van der Waals surface area contributed by atoms with Crippen LogP contribution in [0.1, 0.15) is 37.7 Å². The lowest BCUT2D eigenvalue weighted by molar-refractivity contribution is -0.120. The Morgan fingerprint density at radius 3 is 2.16 bits per heavy atom. The summed E-state index contributed by atoms with van der Waals surface area (Å²) < 4.78 is 26.9. The molecule has 0 radical (unpaired) electrons. The Morgan fingerprint density at radius 2 is 1.52 bits per heavy atom. The third-order valence-corrected chi connectivity index (χ3v) is 8.12. The third kappa shape index (κ3) is 5.66. The van der Waals surface area contributed by atoms with Crippen molar-refractivity contribution < 1.29 is 13.2 Å². The van der Waals surface area contributed by atoms with Crippen molar-refractivity contribution in [3.8, 4) is 0 Å². The van der Waals surface area contributed by atoms with Gasteiger partial charge in [0, 0.05) is 43.5 Å². The molecule has 2 aliphatic rings. The minimum Gasteiger partial charge on any atom is -0.372 e. The molecule has 0 atom stereocenters. The molecule has 0 aromatic heterocycles. The number of piperidine rings is 2. The van der Waals surface area contributed by atoms with Crippen molar-refractivity contribution in [3.05, 3.63) is 60.2 Å². The van der Waals surface area contributed by atoms with Gasteiger partial charge in [-0.25, -0.2) is 12.7 Å². The van der Waals surface area contributed by atoms with Crippen molar-refractivity contribution in [2.45, 2.75) is 37.9 Å². The molecular formula is C24H31N3O3S. The molecule has 2 aromatic carbocycles. The van der Waals surface area contributed by atoms with Gasteiger partial charge in [-0.3, -0.25) is 4.79 Å². The summed E-state index contributed by atoms with van der Waals surface area (Å²) in [6, 6.07) is 17.3. The Morgan fingerprint density at radius 1 is 0.871 bits per heavy atom. The van der Waals surface area contributed by atoms with E-state index >= 15 is 0 Å². The number of carbonyl (C=O) groups excluding carboxylic acids is 1. The molecule has 1 N–H and O–H groups in total. The Kier molecular flexibility index (Phi) is 6.92. The highest BCUT2D eigenvalue weighted by Gasteiger charge is 2.31. The van der Waals surface area contributed by atoms with E-state index in [1.165, 1.54) is 29.3 Å². The number of benzene rings is 2. The summed E-state index contributed by atoms with van der Waals surface area (Å²) in [5, 5.41) is 3.01. The first-order chi connectivity index (χ1) is 15.0. The Labute approximate surface area is 185 Å². The number of hydrogen-bond acceptors (Lipinski definition) is 4. The van der Waals surface area contributed by atoms with Crippen LogP contribution in [0.5, 0.6) is 0 Å². The quantitative estimate of drug-likeness (QED) is 0.739. The molecule has 4 rings (SSSR count). The lowest BCUT2D eigenvalue weighted by Crippen LogP contribution is -2.41. The lowest BCUT2D eigenvalue weighted by atomic mass is 9.97. The average molecular weight is 442 g/mol. The number of anilines is 2. The van der Waals surface area contributed by atoms with Crippen molar-refractivity contribution >= 4 is 27.3 Å². The van der Waals surface area contributed by atoms with Gasteiger partial charge in [0.1, 0.15) is 0 Å². The lowest BCUT2D eigenvalue weighted by Gasteiger charge is -2.31. The van der Waals surface area contributed by atoms with Crippen molar-refractivity contribution in [2.75, 3.05) is 36.4 Å². The standard InChI is InChI=1S/C24H31N3O3S/c28-24(25-22-9-11-23(12-10-22)26-15-5-2-6-16-26)21-13-17-27(18-14-21)31(29,30)19-20-7-3-1-4-8-20/h1,3-4,7-12,21H,2,5-6,13-19H2,(H,25,28). The van der Waals surface area contributed by atoms with E-state index in [0.717, 1.165) is 24.3 Å². The maximum absolute atomic E-state index is 12.7. The molecular weight excluding hydrogens is 410 g/mol. The van der Waals surface area contributed by atoms with Crippen LogP contribution in [0, 0.1) is 5.92 Å². The van der Waals surface area contributed by atoms with Crippen molar-refractivity contribution in [1.29, 1.82) is 0 Å². The zero-order valence-corrected chi connectivity index (χ0v) is 18.7. The van der Waals surface area contributed by atoms with Gasteiger partial charge in [0.15, 0.2) is 0 Å². The molecule has 1 amide bonds. The zero-order valence-electron chi connectivity index (χ0n) is 17.9. The van der Waals surface area contributed by atoms with Crippen LogP contribution in [-0.4, -0.2) is 44.8 Å². The average Bonchev–Trinajstić information content (AvgIpc) is 2.80. The predicted molar refractivity (Wildman–Crippen MR) is 124 cm³/mol. The third-order valence-electron chi connectivity index (χ3n) is 6.27.